The molecular formula is C3H8NOP. The first kappa shape index (κ1) is 4.51. The largest absolute Gasteiger partial charge is 0.633 e. The second kappa shape index (κ2) is 1.45. The van der Waals surface area contributed by atoms with Gasteiger partial charge in [0.2, 0.25) is 0 Å². The fourth-order valence-corrected chi connectivity index (χ4v) is 0.701. The van der Waals surface area contributed by atoms with Crippen LogP contribution in [0.15, 0.2) is 0 Å². The molecule has 0 aromatic heterocycles. The van der Waals surface area contributed by atoms with Crippen molar-refractivity contribution in [3.8, 4) is 0 Å². The van der Waals surface area contributed by atoms with E-state index in [4.69, 9.17) is 0 Å². The molecule has 2 atom stereocenters. The van der Waals surface area contributed by atoms with E-state index in [0.29, 0.717) is 6.04 Å². The summed E-state index contributed by atoms with van der Waals surface area (Å²) in [6.45, 7) is 0. The highest BCUT2D eigenvalue weighted by molar-refractivity contribution is 7.07. The van der Waals surface area contributed by atoms with Gasteiger partial charge in [-0.15, -0.1) is 0 Å². The Hall–Kier alpha value is 0.350. The average molecular weight is 105 g/mol. The van der Waals surface area contributed by atoms with Crippen LogP contribution in [0, 0.1) is 5.21 Å². The quantitative estimate of drug-likeness (QED) is 0.347. The number of hydroxylamine groups is 1. The van der Waals surface area contributed by atoms with Crippen LogP contribution >= 0.6 is 9.39 Å². The Balaban J connectivity index is 2.13. The predicted molar refractivity (Wildman–Crippen MR) is 27.1 cm³/mol. The fraction of sp³-hybridized carbons (Fsp3) is 1.00. The van der Waals surface area contributed by atoms with Crippen LogP contribution in [0.25, 0.3) is 0 Å². The van der Waals surface area contributed by atoms with Crippen molar-refractivity contribution in [2.45, 2.75) is 18.9 Å². The first-order valence-electron chi connectivity index (χ1n) is 2.10. The van der Waals surface area contributed by atoms with Gasteiger partial charge in [-0.05, 0) is 0 Å². The van der Waals surface area contributed by atoms with Crippen LogP contribution in [0.5, 0.6) is 0 Å². The minimum absolute atomic E-state index is 0.287. The molecule has 2 nitrogen and oxygen atoms in total. The summed E-state index contributed by atoms with van der Waals surface area (Å²) in [5, 5.41) is 10.2. The molecule has 0 spiro atoms. The molecule has 0 radical (unpaired) electrons. The molecule has 3 heteroatoms. The highest BCUT2D eigenvalue weighted by Gasteiger charge is 2.25. The van der Waals surface area contributed by atoms with Crippen LogP contribution in [-0.2, 0) is 0 Å². The number of nitrogens with one attached hydrogen (secondary N) is 1. The molecule has 1 saturated carbocycles. The highest BCUT2D eigenvalue weighted by atomic mass is 31.0. The molecule has 1 fully saturated rings. The fourth-order valence-electron chi connectivity index (χ4n) is 0.368. The molecule has 0 aromatic carbocycles. The van der Waals surface area contributed by atoms with E-state index in [1.807, 2.05) is 0 Å². The van der Waals surface area contributed by atoms with Gasteiger partial charge in [-0.1, -0.05) is 0 Å². The maximum absolute atomic E-state index is 10.2. The van der Waals surface area contributed by atoms with Crippen molar-refractivity contribution in [1.82, 2.24) is 0 Å². The molecule has 0 heterocycles. The third-order valence-electron chi connectivity index (χ3n) is 0.980. The molecule has 36 valence electrons. The molecular weight excluding hydrogens is 97.0 g/mol. The lowest BCUT2D eigenvalue weighted by atomic mass is 10.8. The molecule has 1 aliphatic carbocycles. The normalized spacial score (nSPS) is 27.0. The van der Waals surface area contributed by atoms with Gasteiger partial charge in [0, 0.05) is 12.8 Å². The lowest BCUT2D eigenvalue weighted by Gasteiger charge is -2.12. The summed E-state index contributed by atoms with van der Waals surface area (Å²) >= 11 is 0. The third-order valence-corrected chi connectivity index (χ3v) is 1.45. The van der Waals surface area contributed by atoms with Gasteiger partial charge in [0.05, 0.1) is 15.4 Å². The first-order chi connectivity index (χ1) is 2.80. The monoisotopic (exact) mass is 105 g/mol. The van der Waals surface area contributed by atoms with Gasteiger partial charge in [-0.3, -0.25) is 0 Å². The molecule has 1 N–H and O–H groups in total. The minimum atomic E-state index is 0.287. The van der Waals surface area contributed by atoms with Crippen LogP contribution in [0.3, 0.4) is 0 Å². The van der Waals surface area contributed by atoms with Crippen molar-refractivity contribution in [3.05, 3.63) is 5.21 Å². The van der Waals surface area contributed by atoms with E-state index < -0.39 is 0 Å². The Morgan fingerprint density at radius 3 is 2.17 bits per heavy atom. The van der Waals surface area contributed by atoms with Gasteiger partial charge < -0.3 is 10.0 Å². The average Bonchev–Trinajstić information content (AvgIpc) is 2.06. The van der Waals surface area contributed by atoms with Gasteiger partial charge >= 0.3 is 0 Å². The van der Waals surface area contributed by atoms with Crippen molar-refractivity contribution < 1.29 is 4.83 Å². The Labute approximate surface area is 39.4 Å². The summed E-state index contributed by atoms with van der Waals surface area (Å²) in [5.74, 6) is 0. The van der Waals surface area contributed by atoms with E-state index in [0.717, 1.165) is 12.8 Å². The molecule has 6 heavy (non-hydrogen) atoms. The van der Waals surface area contributed by atoms with Crippen LogP contribution in [0.2, 0.25) is 0 Å². The van der Waals surface area contributed by atoms with Gasteiger partial charge in [0.1, 0.15) is 0 Å². The maximum atomic E-state index is 10.2. The first-order valence-corrected chi connectivity index (χ1v) is 2.68. The standard InChI is InChI=1S/C3H8NOP/c5-4(6)3-1-2-3/h3-4H,1-2,6H2. The smallest absolute Gasteiger partial charge is 0.0883 e. The lowest BCUT2D eigenvalue weighted by molar-refractivity contribution is -0.712. The number of rotatable bonds is 1. The topological polar surface area (TPSA) is 27.5 Å². The highest BCUT2D eigenvalue weighted by Crippen LogP contribution is 2.15. The van der Waals surface area contributed by atoms with Crippen molar-refractivity contribution in [3.63, 3.8) is 0 Å². The number of quaternary nitrogens is 1. The second-order valence-corrected chi connectivity index (χ2v) is 2.25. The Morgan fingerprint density at radius 2 is 2.17 bits per heavy atom. The Kier molecular flexibility index (Phi) is 1.09. The molecule has 1 rings (SSSR count). The number of hydrogen-bond donors (Lipinski definition) is 1. The summed E-state index contributed by atoms with van der Waals surface area (Å²) in [4.78, 5) is 0.287. The summed E-state index contributed by atoms with van der Waals surface area (Å²) in [5.41, 5.74) is 0. The molecule has 0 aromatic rings. The Morgan fingerprint density at radius 1 is 1.67 bits per heavy atom. The third kappa shape index (κ3) is 0.904. The molecule has 0 amide bonds. The van der Waals surface area contributed by atoms with Crippen molar-refractivity contribution in [1.29, 1.82) is 0 Å². The predicted octanol–water partition coefficient (Wildman–Crippen LogP) is -0.678. The summed E-state index contributed by atoms with van der Waals surface area (Å²) in [6.07, 6.45) is 2.25. The SMILES string of the molecule is [O-][NH+](P)C1CC1. The second-order valence-electron chi connectivity index (χ2n) is 1.68. The van der Waals surface area contributed by atoms with Gasteiger partial charge in [-0.2, -0.15) is 0 Å². The van der Waals surface area contributed by atoms with Crippen molar-refractivity contribution >= 4 is 9.39 Å². The van der Waals surface area contributed by atoms with E-state index in [2.05, 4.69) is 9.39 Å². The van der Waals surface area contributed by atoms with Gasteiger partial charge in [0.15, 0.2) is 0 Å². The van der Waals surface area contributed by atoms with E-state index in [1.165, 1.54) is 0 Å². The lowest BCUT2D eigenvalue weighted by Crippen LogP contribution is -2.98. The molecule has 1 aliphatic rings. The molecule has 0 bridgehead atoms. The summed E-state index contributed by atoms with van der Waals surface area (Å²) in [7, 11) is 2.20. The van der Waals surface area contributed by atoms with Crippen LogP contribution < -0.4 is 4.83 Å². The van der Waals surface area contributed by atoms with Crippen LogP contribution in [0.4, 0.5) is 0 Å². The van der Waals surface area contributed by atoms with Crippen molar-refractivity contribution in [2.75, 3.05) is 0 Å². The van der Waals surface area contributed by atoms with E-state index in [-0.39, 0.29) is 4.83 Å². The molecule has 2 unspecified atom stereocenters. The van der Waals surface area contributed by atoms with E-state index >= 15 is 0 Å². The van der Waals surface area contributed by atoms with Gasteiger partial charge in [-0.25, -0.2) is 0 Å². The zero-order valence-corrected chi connectivity index (χ0v) is 4.63. The zero-order valence-electron chi connectivity index (χ0n) is 3.48. The summed E-state index contributed by atoms with van der Waals surface area (Å²) < 4.78 is 0. The van der Waals surface area contributed by atoms with Gasteiger partial charge in [0.25, 0.3) is 0 Å². The Bertz CT molecular complexity index is 52.8. The molecule has 0 saturated heterocycles. The minimum Gasteiger partial charge on any atom is -0.633 e. The van der Waals surface area contributed by atoms with E-state index in [9.17, 15) is 5.21 Å². The van der Waals surface area contributed by atoms with E-state index in [1.54, 1.807) is 0 Å². The summed E-state index contributed by atoms with van der Waals surface area (Å²) in [6, 6.07) is 0.426. The maximum Gasteiger partial charge on any atom is 0.0883 e. The zero-order chi connectivity index (χ0) is 4.57. The van der Waals surface area contributed by atoms with Crippen molar-refractivity contribution in [2.24, 2.45) is 0 Å². The van der Waals surface area contributed by atoms with Crippen LogP contribution in [0.1, 0.15) is 12.8 Å². The number of hydrogen-bond acceptors (Lipinski definition) is 1. The molecule has 0 aliphatic heterocycles. The van der Waals surface area contributed by atoms with Crippen LogP contribution in [-0.4, -0.2) is 6.04 Å².